The molecule has 5 nitrogen and oxygen atoms in total. The lowest BCUT2D eigenvalue weighted by atomic mass is 10.2. The van der Waals surface area contributed by atoms with Gasteiger partial charge in [-0.2, -0.15) is 0 Å². The predicted molar refractivity (Wildman–Crippen MR) is 91.0 cm³/mol. The predicted octanol–water partition coefficient (Wildman–Crippen LogP) is 3.61. The number of aromatic nitrogens is 2. The van der Waals surface area contributed by atoms with Crippen LogP contribution in [-0.2, 0) is 10.5 Å². The van der Waals surface area contributed by atoms with Gasteiger partial charge in [-0.15, -0.1) is 11.8 Å². The highest BCUT2D eigenvalue weighted by atomic mass is 32.2. The highest BCUT2D eigenvalue weighted by Crippen LogP contribution is 2.21. The lowest BCUT2D eigenvalue weighted by molar-refractivity contribution is -0.113. The Morgan fingerprint density at radius 2 is 1.91 bits per heavy atom. The molecule has 0 fully saturated rings. The number of nitrogens with zero attached hydrogens (tertiary/aromatic N) is 2. The molecular formula is C17H15N3O2S. The van der Waals surface area contributed by atoms with Crippen molar-refractivity contribution in [3.8, 4) is 11.3 Å². The number of oxazole rings is 1. The third-order valence-electron chi connectivity index (χ3n) is 3.00. The number of thioether (sulfide) groups is 1. The van der Waals surface area contributed by atoms with Gasteiger partial charge in [0, 0.05) is 11.8 Å². The molecule has 0 saturated heterocycles. The van der Waals surface area contributed by atoms with E-state index >= 15 is 0 Å². The Morgan fingerprint density at radius 3 is 2.70 bits per heavy atom. The van der Waals surface area contributed by atoms with Crippen LogP contribution in [0.5, 0.6) is 0 Å². The van der Waals surface area contributed by atoms with Crippen molar-refractivity contribution in [1.29, 1.82) is 0 Å². The largest absolute Gasteiger partial charge is 0.440 e. The number of nitrogens with one attached hydrogen (secondary N) is 1. The second-order valence-electron chi connectivity index (χ2n) is 4.74. The molecule has 0 aliphatic rings. The third kappa shape index (κ3) is 4.43. The van der Waals surface area contributed by atoms with Crippen molar-refractivity contribution in [3.63, 3.8) is 0 Å². The number of carbonyl (C=O) groups excluding carboxylic acids is 1. The van der Waals surface area contributed by atoms with Gasteiger partial charge in [-0.25, -0.2) is 9.97 Å². The van der Waals surface area contributed by atoms with Crippen molar-refractivity contribution in [3.05, 3.63) is 66.8 Å². The van der Waals surface area contributed by atoms with E-state index in [0.717, 1.165) is 11.3 Å². The summed E-state index contributed by atoms with van der Waals surface area (Å²) in [5, 5.41) is 2.74. The fraction of sp³-hybridized carbons (Fsp3) is 0.118. The summed E-state index contributed by atoms with van der Waals surface area (Å²) in [7, 11) is 0. The van der Waals surface area contributed by atoms with Crippen molar-refractivity contribution < 1.29 is 9.21 Å². The van der Waals surface area contributed by atoms with E-state index in [1.807, 2.05) is 36.4 Å². The summed E-state index contributed by atoms with van der Waals surface area (Å²) in [4.78, 5) is 20.1. The lowest BCUT2D eigenvalue weighted by Gasteiger charge is -2.02. The molecule has 0 aliphatic carbocycles. The maximum Gasteiger partial charge on any atom is 0.235 e. The van der Waals surface area contributed by atoms with Crippen LogP contribution in [0.25, 0.3) is 11.3 Å². The van der Waals surface area contributed by atoms with Crippen molar-refractivity contribution in [2.45, 2.75) is 5.75 Å². The topological polar surface area (TPSA) is 68.0 Å². The van der Waals surface area contributed by atoms with Crippen molar-refractivity contribution in [2.75, 3.05) is 11.1 Å². The minimum absolute atomic E-state index is 0.0939. The van der Waals surface area contributed by atoms with E-state index < -0.39 is 0 Å². The number of hydrogen-bond acceptors (Lipinski definition) is 5. The molecule has 0 saturated carbocycles. The first-order valence-electron chi connectivity index (χ1n) is 7.10. The summed E-state index contributed by atoms with van der Waals surface area (Å²) in [5.41, 5.74) is 0.990. The van der Waals surface area contributed by atoms with E-state index in [-0.39, 0.29) is 5.91 Å². The van der Waals surface area contributed by atoms with Gasteiger partial charge in [-0.1, -0.05) is 36.4 Å². The van der Waals surface area contributed by atoms with Crippen LogP contribution in [0.1, 0.15) is 5.89 Å². The second-order valence-corrected chi connectivity index (χ2v) is 5.73. The first-order chi connectivity index (χ1) is 11.3. The quantitative estimate of drug-likeness (QED) is 0.750. The average molecular weight is 325 g/mol. The summed E-state index contributed by atoms with van der Waals surface area (Å²) in [6, 6.07) is 15.2. The highest BCUT2D eigenvalue weighted by molar-refractivity contribution is 7.99. The average Bonchev–Trinajstić information content (AvgIpc) is 3.05. The monoisotopic (exact) mass is 325 g/mol. The zero-order valence-electron chi connectivity index (χ0n) is 12.3. The Bertz CT molecular complexity index is 760. The van der Waals surface area contributed by atoms with Crippen LogP contribution in [0.2, 0.25) is 0 Å². The van der Waals surface area contributed by atoms with E-state index in [1.54, 1.807) is 24.5 Å². The maximum atomic E-state index is 11.8. The number of pyridine rings is 1. The van der Waals surface area contributed by atoms with Crippen molar-refractivity contribution in [2.24, 2.45) is 0 Å². The molecule has 3 aromatic rings. The SMILES string of the molecule is O=C(CSCc1ncc(-c2ccccc2)o1)Nc1ccccn1. The first kappa shape index (κ1) is 15.3. The molecule has 0 unspecified atom stereocenters. The molecule has 0 radical (unpaired) electrons. The Balaban J connectivity index is 1.48. The van der Waals surface area contributed by atoms with Gasteiger partial charge in [0.05, 0.1) is 17.7 Å². The molecule has 116 valence electrons. The van der Waals surface area contributed by atoms with Gasteiger partial charge in [0.2, 0.25) is 11.8 Å². The fourth-order valence-electron chi connectivity index (χ4n) is 1.96. The Kier molecular flexibility index (Phi) is 5.06. The number of anilines is 1. The van der Waals surface area contributed by atoms with Gasteiger partial charge in [0.25, 0.3) is 0 Å². The summed E-state index contributed by atoms with van der Waals surface area (Å²) >= 11 is 1.45. The molecule has 0 spiro atoms. The number of hydrogen-bond donors (Lipinski definition) is 1. The van der Waals surface area contributed by atoms with Gasteiger partial charge in [-0.05, 0) is 12.1 Å². The molecule has 0 bridgehead atoms. The summed E-state index contributed by atoms with van der Waals surface area (Å²) < 4.78 is 5.69. The maximum absolute atomic E-state index is 11.8. The van der Waals surface area contributed by atoms with Crippen LogP contribution >= 0.6 is 11.8 Å². The van der Waals surface area contributed by atoms with Crippen LogP contribution < -0.4 is 5.32 Å². The Hall–Kier alpha value is -2.60. The van der Waals surface area contributed by atoms with Gasteiger partial charge >= 0.3 is 0 Å². The molecule has 2 heterocycles. The van der Waals surface area contributed by atoms with E-state index in [0.29, 0.717) is 23.2 Å². The zero-order chi connectivity index (χ0) is 15.9. The molecule has 0 atom stereocenters. The minimum atomic E-state index is -0.0939. The normalized spacial score (nSPS) is 10.4. The first-order valence-corrected chi connectivity index (χ1v) is 8.25. The third-order valence-corrected chi connectivity index (χ3v) is 3.92. The highest BCUT2D eigenvalue weighted by Gasteiger charge is 2.08. The van der Waals surface area contributed by atoms with Crippen molar-refractivity contribution in [1.82, 2.24) is 9.97 Å². The summed E-state index contributed by atoms with van der Waals surface area (Å²) in [6.45, 7) is 0. The second kappa shape index (κ2) is 7.60. The molecule has 3 rings (SSSR count). The Labute approximate surface area is 138 Å². The number of rotatable bonds is 6. The zero-order valence-corrected chi connectivity index (χ0v) is 13.1. The number of benzene rings is 1. The minimum Gasteiger partial charge on any atom is -0.440 e. The van der Waals surface area contributed by atoms with E-state index in [4.69, 9.17) is 4.42 Å². The van der Waals surface area contributed by atoms with Crippen LogP contribution in [0.3, 0.4) is 0 Å². The van der Waals surface area contributed by atoms with Crippen LogP contribution in [0.4, 0.5) is 5.82 Å². The smallest absolute Gasteiger partial charge is 0.235 e. The van der Waals surface area contributed by atoms with Crippen LogP contribution in [0, 0.1) is 0 Å². The molecule has 6 heteroatoms. The van der Waals surface area contributed by atoms with Crippen LogP contribution in [-0.4, -0.2) is 21.6 Å². The lowest BCUT2D eigenvalue weighted by Crippen LogP contribution is -2.14. The number of amides is 1. The number of carbonyl (C=O) groups is 1. The van der Waals surface area contributed by atoms with Gasteiger partial charge in [0.15, 0.2) is 5.76 Å². The summed E-state index contributed by atoms with van der Waals surface area (Å²) in [6.07, 6.45) is 3.35. The van der Waals surface area contributed by atoms with Gasteiger partial charge < -0.3 is 9.73 Å². The molecular weight excluding hydrogens is 310 g/mol. The van der Waals surface area contributed by atoms with Crippen LogP contribution in [0.15, 0.2) is 65.3 Å². The van der Waals surface area contributed by atoms with Crippen molar-refractivity contribution >= 4 is 23.5 Å². The fourth-order valence-corrected chi connectivity index (χ4v) is 2.63. The molecule has 1 N–H and O–H groups in total. The summed E-state index contributed by atoms with van der Waals surface area (Å²) in [5.74, 6) is 2.67. The molecule has 2 aromatic heterocycles. The molecule has 1 aromatic carbocycles. The van der Waals surface area contributed by atoms with E-state index in [2.05, 4.69) is 15.3 Å². The Morgan fingerprint density at radius 1 is 1.09 bits per heavy atom. The van der Waals surface area contributed by atoms with E-state index in [1.165, 1.54) is 11.8 Å². The van der Waals surface area contributed by atoms with E-state index in [9.17, 15) is 4.79 Å². The molecule has 23 heavy (non-hydrogen) atoms. The standard InChI is InChI=1S/C17H15N3O2S/c21-16(20-15-8-4-5-9-18-15)11-23-12-17-19-10-14(22-17)13-6-2-1-3-7-13/h1-10H,11-12H2,(H,18,20,21). The van der Waals surface area contributed by atoms with Gasteiger partial charge in [-0.3, -0.25) is 4.79 Å². The van der Waals surface area contributed by atoms with Gasteiger partial charge in [0.1, 0.15) is 5.82 Å². The molecule has 0 aliphatic heterocycles. The molecule has 1 amide bonds.